The minimum absolute atomic E-state index is 0.519. The lowest BCUT2D eigenvalue weighted by atomic mass is 10.3. The van der Waals surface area contributed by atoms with Gasteiger partial charge in [0.05, 0.1) is 0 Å². The number of aliphatic hydroxyl groups excluding tert-OH is 1. The molecule has 0 fully saturated rings. The maximum Gasteiger partial charge on any atom is 0.127 e. The lowest BCUT2D eigenvalue weighted by Gasteiger charge is -2.07. The predicted octanol–water partition coefficient (Wildman–Crippen LogP) is 0.793. The zero-order chi connectivity index (χ0) is 12.8. The first-order valence-electron chi connectivity index (χ1n) is 6.27. The predicted molar refractivity (Wildman–Crippen MR) is 68.9 cm³/mol. The minimum atomic E-state index is -0.563. The summed E-state index contributed by atoms with van der Waals surface area (Å²) < 4.78 is 10.6. The highest BCUT2D eigenvalue weighted by molar-refractivity contribution is 5.02. The van der Waals surface area contributed by atoms with E-state index in [1.54, 1.807) is 6.92 Å². The Morgan fingerprint density at radius 1 is 1.18 bits per heavy atom. The first-order chi connectivity index (χ1) is 8.31. The number of ether oxygens (including phenoxy) is 2. The maximum absolute atomic E-state index is 9.29. The second-order valence-corrected chi connectivity index (χ2v) is 3.63. The normalized spacial score (nSPS) is 11.9. The van der Waals surface area contributed by atoms with Gasteiger partial charge in [-0.25, -0.2) is 0 Å². The smallest absolute Gasteiger partial charge is 0.127 e. The lowest BCUT2D eigenvalue weighted by molar-refractivity contribution is 0.0866. The quantitative estimate of drug-likeness (QED) is 0.416. The summed E-state index contributed by atoms with van der Waals surface area (Å²) in [7, 11) is 0. The molecule has 1 unspecified atom stereocenters. The number of rotatable bonds is 11. The second kappa shape index (κ2) is 13.5. The van der Waals surface area contributed by atoms with Gasteiger partial charge in [0, 0.05) is 33.0 Å². The molecule has 0 aliphatic heterocycles. The number of hydrogen-bond acceptors (Lipinski definition) is 4. The zero-order valence-corrected chi connectivity index (χ0v) is 11.0. The molecule has 0 bridgehead atoms. The van der Waals surface area contributed by atoms with Gasteiger partial charge >= 0.3 is 0 Å². The van der Waals surface area contributed by atoms with Crippen LogP contribution in [0.3, 0.4) is 0 Å². The lowest BCUT2D eigenvalue weighted by Crippen LogP contribution is -2.27. The zero-order valence-electron chi connectivity index (χ0n) is 11.0. The van der Waals surface area contributed by atoms with Gasteiger partial charge in [0.25, 0.3) is 0 Å². The van der Waals surface area contributed by atoms with Crippen LogP contribution < -0.4 is 5.32 Å². The molecular weight excluding hydrogens is 218 g/mol. The van der Waals surface area contributed by atoms with Gasteiger partial charge in [0.15, 0.2) is 0 Å². The van der Waals surface area contributed by atoms with E-state index in [0.29, 0.717) is 6.54 Å². The third kappa shape index (κ3) is 13.3. The maximum atomic E-state index is 9.29. The van der Waals surface area contributed by atoms with Crippen LogP contribution in [-0.4, -0.2) is 50.7 Å². The van der Waals surface area contributed by atoms with Gasteiger partial charge in [-0.15, -0.1) is 5.92 Å². The first kappa shape index (κ1) is 16.4. The Labute approximate surface area is 105 Å². The molecular formula is C13H25NO3. The number of nitrogens with one attached hydrogen (secondary N) is 1. The summed E-state index contributed by atoms with van der Waals surface area (Å²) in [6.07, 6.45) is 1.33. The molecule has 0 amide bonds. The Kier molecular flexibility index (Phi) is 13.0. The Hall–Kier alpha value is -0.600. The van der Waals surface area contributed by atoms with E-state index in [4.69, 9.17) is 9.47 Å². The van der Waals surface area contributed by atoms with Crippen molar-refractivity contribution in [3.8, 4) is 11.8 Å². The van der Waals surface area contributed by atoms with E-state index in [9.17, 15) is 5.11 Å². The Balaban J connectivity index is 3.05. The summed E-state index contributed by atoms with van der Waals surface area (Å²) >= 11 is 0. The molecule has 0 rings (SSSR count). The van der Waals surface area contributed by atoms with Crippen LogP contribution in [0.4, 0.5) is 0 Å². The highest BCUT2D eigenvalue weighted by atomic mass is 16.5. The van der Waals surface area contributed by atoms with E-state index in [2.05, 4.69) is 17.2 Å². The average molecular weight is 243 g/mol. The Morgan fingerprint density at radius 3 is 2.59 bits per heavy atom. The molecule has 4 nitrogen and oxygen atoms in total. The SMILES string of the molecule is CC#CC(O)CNCCCOCCCOCC. The fourth-order valence-electron chi connectivity index (χ4n) is 1.27. The molecule has 0 aliphatic rings. The van der Waals surface area contributed by atoms with Gasteiger partial charge in [-0.1, -0.05) is 5.92 Å². The van der Waals surface area contributed by atoms with E-state index in [1.165, 1.54) is 0 Å². The highest BCUT2D eigenvalue weighted by Crippen LogP contribution is 1.87. The van der Waals surface area contributed by atoms with E-state index in [-0.39, 0.29) is 0 Å². The summed E-state index contributed by atoms with van der Waals surface area (Å²) in [5.74, 6) is 5.35. The molecule has 4 heteroatoms. The fraction of sp³-hybridized carbons (Fsp3) is 0.846. The summed E-state index contributed by atoms with van der Waals surface area (Å²) in [6, 6.07) is 0. The summed E-state index contributed by atoms with van der Waals surface area (Å²) in [5.41, 5.74) is 0. The van der Waals surface area contributed by atoms with Crippen molar-refractivity contribution >= 4 is 0 Å². The molecule has 0 heterocycles. The van der Waals surface area contributed by atoms with E-state index >= 15 is 0 Å². The van der Waals surface area contributed by atoms with Crippen molar-refractivity contribution in [2.75, 3.05) is 39.5 Å². The van der Waals surface area contributed by atoms with Crippen LogP contribution >= 0.6 is 0 Å². The van der Waals surface area contributed by atoms with Crippen LogP contribution in [0.1, 0.15) is 26.7 Å². The van der Waals surface area contributed by atoms with Crippen molar-refractivity contribution in [3.63, 3.8) is 0 Å². The monoisotopic (exact) mass is 243 g/mol. The van der Waals surface area contributed by atoms with Crippen LogP contribution in [-0.2, 0) is 9.47 Å². The van der Waals surface area contributed by atoms with Gasteiger partial charge in [-0.3, -0.25) is 0 Å². The molecule has 0 aromatic carbocycles. The Morgan fingerprint density at radius 2 is 1.88 bits per heavy atom. The second-order valence-electron chi connectivity index (χ2n) is 3.63. The number of aliphatic hydroxyl groups is 1. The highest BCUT2D eigenvalue weighted by Gasteiger charge is 1.96. The van der Waals surface area contributed by atoms with E-state index < -0.39 is 6.10 Å². The van der Waals surface area contributed by atoms with Crippen LogP contribution in [0.2, 0.25) is 0 Å². The van der Waals surface area contributed by atoms with Gasteiger partial charge < -0.3 is 19.9 Å². The first-order valence-corrected chi connectivity index (χ1v) is 6.27. The third-order valence-electron chi connectivity index (χ3n) is 2.07. The molecule has 100 valence electrons. The molecule has 0 radical (unpaired) electrons. The van der Waals surface area contributed by atoms with E-state index in [1.807, 2.05) is 6.92 Å². The summed E-state index contributed by atoms with van der Waals surface area (Å²) in [5, 5.41) is 12.4. The van der Waals surface area contributed by atoms with Crippen molar-refractivity contribution in [1.82, 2.24) is 5.32 Å². The summed E-state index contributed by atoms with van der Waals surface area (Å²) in [6.45, 7) is 8.12. The van der Waals surface area contributed by atoms with Gasteiger partial charge in [-0.05, 0) is 33.2 Å². The molecule has 0 saturated carbocycles. The van der Waals surface area contributed by atoms with Crippen molar-refractivity contribution < 1.29 is 14.6 Å². The molecule has 17 heavy (non-hydrogen) atoms. The summed E-state index contributed by atoms with van der Waals surface area (Å²) in [4.78, 5) is 0. The van der Waals surface area contributed by atoms with Gasteiger partial charge in [0.1, 0.15) is 6.10 Å². The van der Waals surface area contributed by atoms with Crippen LogP contribution in [0.15, 0.2) is 0 Å². The van der Waals surface area contributed by atoms with Gasteiger partial charge in [-0.2, -0.15) is 0 Å². The minimum Gasteiger partial charge on any atom is -0.382 e. The van der Waals surface area contributed by atoms with Crippen molar-refractivity contribution in [2.24, 2.45) is 0 Å². The average Bonchev–Trinajstić information content (AvgIpc) is 2.32. The molecule has 0 aromatic rings. The van der Waals surface area contributed by atoms with Crippen molar-refractivity contribution in [2.45, 2.75) is 32.8 Å². The standard InChI is InChI=1S/C13H25NO3/c1-3-7-13(15)12-14-8-5-9-17-11-6-10-16-4-2/h13-15H,4-6,8-12H2,1-2H3. The molecule has 0 aromatic heterocycles. The number of hydrogen-bond donors (Lipinski definition) is 2. The van der Waals surface area contributed by atoms with Gasteiger partial charge in [0.2, 0.25) is 0 Å². The third-order valence-corrected chi connectivity index (χ3v) is 2.07. The molecule has 2 N–H and O–H groups in total. The van der Waals surface area contributed by atoms with Crippen LogP contribution in [0.5, 0.6) is 0 Å². The molecule has 0 aliphatic carbocycles. The molecule has 0 spiro atoms. The van der Waals surface area contributed by atoms with Crippen molar-refractivity contribution in [1.29, 1.82) is 0 Å². The van der Waals surface area contributed by atoms with Crippen molar-refractivity contribution in [3.05, 3.63) is 0 Å². The van der Waals surface area contributed by atoms with E-state index in [0.717, 1.165) is 45.8 Å². The fourth-order valence-corrected chi connectivity index (χ4v) is 1.27. The molecule has 1 atom stereocenters. The van der Waals surface area contributed by atoms with Crippen LogP contribution in [0.25, 0.3) is 0 Å². The van der Waals surface area contributed by atoms with Crippen LogP contribution in [0, 0.1) is 11.8 Å². The molecule has 0 saturated heterocycles. The largest absolute Gasteiger partial charge is 0.382 e. The topological polar surface area (TPSA) is 50.7 Å². The Bertz CT molecular complexity index is 210.